The molecule has 1 amide bonds. The van der Waals surface area contributed by atoms with Crippen LogP contribution in [0.4, 0.5) is 0 Å². The largest absolute Gasteiger partial charge is 0.481 e. The van der Waals surface area contributed by atoms with Crippen LogP contribution in [-0.2, 0) is 14.3 Å². The molecule has 0 aromatic carbocycles. The summed E-state index contributed by atoms with van der Waals surface area (Å²) in [6.07, 6.45) is 4.31. The van der Waals surface area contributed by atoms with E-state index < -0.39 is 41.8 Å². The van der Waals surface area contributed by atoms with Crippen LogP contribution in [0.2, 0.25) is 0 Å². The highest BCUT2D eigenvalue weighted by Gasteiger charge is 2.48. The Morgan fingerprint density at radius 2 is 1.37 bits per heavy atom. The third kappa shape index (κ3) is 9.29. The summed E-state index contributed by atoms with van der Waals surface area (Å²) >= 11 is 0. The van der Waals surface area contributed by atoms with Gasteiger partial charge in [0, 0.05) is 12.8 Å². The van der Waals surface area contributed by atoms with Crippen LogP contribution in [0.3, 0.4) is 0 Å². The number of carbonyl (C=O) groups is 2. The highest BCUT2D eigenvalue weighted by molar-refractivity contribution is 5.76. The summed E-state index contributed by atoms with van der Waals surface area (Å²) in [4.78, 5) is 22.7. The van der Waals surface area contributed by atoms with Crippen molar-refractivity contribution in [1.29, 1.82) is 0 Å². The van der Waals surface area contributed by atoms with Crippen molar-refractivity contribution in [2.24, 2.45) is 5.41 Å². The predicted octanol–water partition coefficient (Wildman–Crippen LogP) is 1.98. The quantitative estimate of drug-likeness (QED) is 0.281. The number of carboxylic acid groups (broad SMARTS) is 1. The van der Waals surface area contributed by atoms with Crippen LogP contribution in [0.1, 0.15) is 85.0 Å². The summed E-state index contributed by atoms with van der Waals surface area (Å²) in [5, 5.41) is 41.9. The maximum absolute atomic E-state index is 12.3. The number of ether oxygens (including phenoxy) is 1. The molecule has 1 fully saturated rings. The first kappa shape index (κ1) is 26.8. The second kappa shape index (κ2) is 13.2. The lowest BCUT2D eigenvalue weighted by Gasteiger charge is -2.47. The predicted molar refractivity (Wildman–Crippen MR) is 113 cm³/mol. The molecular weight excluding hydrogens is 390 g/mol. The van der Waals surface area contributed by atoms with E-state index in [1.54, 1.807) is 0 Å². The Hall–Kier alpha value is -1.22. The molecule has 0 aromatic rings. The Morgan fingerprint density at radius 1 is 0.867 bits per heavy atom. The van der Waals surface area contributed by atoms with Gasteiger partial charge >= 0.3 is 5.97 Å². The number of carbonyl (C=O) groups excluding carboxylic acids is 1. The van der Waals surface area contributed by atoms with Gasteiger partial charge in [0.15, 0.2) is 0 Å². The topological polar surface area (TPSA) is 136 Å². The molecule has 5 N–H and O–H groups in total. The van der Waals surface area contributed by atoms with Gasteiger partial charge in [-0.05, 0) is 18.3 Å². The van der Waals surface area contributed by atoms with E-state index in [9.17, 15) is 24.9 Å². The van der Waals surface area contributed by atoms with Crippen LogP contribution in [0.5, 0.6) is 0 Å². The fourth-order valence-corrected chi connectivity index (χ4v) is 3.90. The number of hydrogen-bond donors (Lipinski definition) is 5. The number of unbranched alkanes of at least 4 members (excludes halogenated alkanes) is 7. The van der Waals surface area contributed by atoms with Crippen LogP contribution in [0.15, 0.2) is 0 Å². The Morgan fingerprint density at radius 3 is 1.83 bits per heavy atom. The smallest absolute Gasteiger partial charge is 0.303 e. The fraction of sp³-hybridized carbons (Fsp3) is 0.909. The van der Waals surface area contributed by atoms with Crippen molar-refractivity contribution in [3.8, 4) is 0 Å². The average Bonchev–Trinajstić information content (AvgIpc) is 2.66. The number of hydrogen-bond acceptors (Lipinski definition) is 6. The number of carboxylic acids is 1. The number of rotatable bonds is 13. The highest BCUT2D eigenvalue weighted by atomic mass is 16.5. The molecule has 30 heavy (non-hydrogen) atoms. The van der Waals surface area contributed by atoms with Gasteiger partial charge in [0.1, 0.15) is 18.3 Å². The molecular formula is C22H41NO7. The van der Waals surface area contributed by atoms with Gasteiger partial charge in [0.25, 0.3) is 0 Å². The first-order valence-electron chi connectivity index (χ1n) is 11.2. The molecule has 5 atom stereocenters. The zero-order valence-corrected chi connectivity index (χ0v) is 18.7. The van der Waals surface area contributed by atoms with Crippen molar-refractivity contribution in [3.63, 3.8) is 0 Å². The Bertz CT molecular complexity index is 518. The molecule has 0 aromatic heterocycles. The number of aliphatic hydroxyl groups is 3. The molecule has 8 heteroatoms. The van der Waals surface area contributed by atoms with Crippen LogP contribution >= 0.6 is 0 Å². The maximum atomic E-state index is 12.3. The Balaban J connectivity index is 2.26. The first-order chi connectivity index (χ1) is 14.1. The third-order valence-corrected chi connectivity index (χ3v) is 5.66. The molecule has 1 saturated heterocycles. The number of aliphatic carboxylic acids is 1. The number of aliphatic hydroxyl groups excluding tert-OH is 3. The zero-order chi connectivity index (χ0) is 22.7. The van der Waals surface area contributed by atoms with Crippen LogP contribution in [0.25, 0.3) is 0 Å². The van der Waals surface area contributed by atoms with E-state index in [1.165, 1.54) is 0 Å². The lowest BCUT2D eigenvalue weighted by Crippen LogP contribution is -2.66. The minimum absolute atomic E-state index is 0.226. The van der Waals surface area contributed by atoms with E-state index in [1.807, 2.05) is 20.8 Å². The summed E-state index contributed by atoms with van der Waals surface area (Å²) < 4.78 is 5.80. The summed E-state index contributed by atoms with van der Waals surface area (Å²) in [5.74, 6) is -0.967. The standard InChI is InChI=1S/C22H41NO7/c1-22(2,3)21-20(29)19(28)18(15(14-24)30-21)23-16(25)12-10-8-6-4-5-7-9-11-13-17(26)27/h15,18-21,24,28-29H,4-14H2,1-3H3,(H,23,25)(H,26,27)/t15?,18-,19?,20?,21+/m0/s1. The van der Waals surface area contributed by atoms with Gasteiger partial charge in [-0.25, -0.2) is 0 Å². The lowest BCUT2D eigenvalue weighted by molar-refractivity contribution is -0.219. The van der Waals surface area contributed by atoms with Crippen molar-refractivity contribution in [3.05, 3.63) is 0 Å². The fourth-order valence-electron chi connectivity index (χ4n) is 3.90. The molecule has 0 spiro atoms. The van der Waals surface area contributed by atoms with E-state index in [-0.39, 0.29) is 18.9 Å². The van der Waals surface area contributed by atoms with Gasteiger partial charge < -0.3 is 30.5 Å². The van der Waals surface area contributed by atoms with Crippen molar-refractivity contribution < 1.29 is 34.8 Å². The van der Waals surface area contributed by atoms with E-state index in [0.717, 1.165) is 51.4 Å². The van der Waals surface area contributed by atoms with Gasteiger partial charge in [-0.3, -0.25) is 9.59 Å². The minimum Gasteiger partial charge on any atom is -0.481 e. The third-order valence-electron chi connectivity index (χ3n) is 5.66. The van der Waals surface area contributed by atoms with E-state index in [0.29, 0.717) is 6.42 Å². The molecule has 3 unspecified atom stereocenters. The van der Waals surface area contributed by atoms with Crippen LogP contribution < -0.4 is 5.32 Å². The first-order valence-corrected chi connectivity index (χ1v) is 11.2. The second-order valence-corrected chi connectivity index (χ2v) is 9.44. The molecule has 1 rings (SSSR count). The SMILES string of the molecule is CC(C)(C)[C@@H]1OC(CO)[C@H](NC(=O)CCCCCCCCCCC(=O)O)C(O)C1O. The maximum Gasteiger partial charge on any atom is 0.303 e. The van der Waals surface area contributed by atoms with E-state index in [2.05, 4.69) is 5.32 Å². The molecule has 1 aliphatic rings. The van der Waals surface area contributed by atoms with Gasteiger partial charge in [0.2, 0.25) is 5.91 Å². The van der Waals surface area contributed by atoms with E-state index >= 15 is 0 Å². The highest BCUT2D eigenvalue weighted by Crippen LogP contribution is 2.33. The molecule has 0 bridgehead atoms. The van der Waals surface area contributed by atoms with Crippen LogP contribution in [-0.4, -0.2) is 69.4 Å². The van der Waals surface area contributed by atoms with Crippen LogP contribution in [0, 0.1) is 5.41 Å². The summed E-state index contributed by atoms with van der Waals surface area (Å²) in [6, 6.07) is -0.845. The van der Waals surface area contributed by atoms with Gasteiger partial charge in [-0.1, -0.05) is 59.3 Å². The second-order valence-electron chi connectivity index (χ2n) is 9.44. The van der Waals surface area contributed by atoms with Crippen molar-refractivity contribution >= 4 is 11.9 Å². The molecule has 176 valence electrons. The molecule has 0 aliphatic carbocycles. The van der Waals surface area contributed by atoms with Gasteiger partial charge in [0.05, 0.1) is 18.8 Å². The molecule has 1 heterocycles. The van der Waals surface area contributed by atoms with Gasteiger partial charge in [-0.2, -0.15) is 0 Å². The summed E-state index contributed by atoms with van der Waals surface area (Å²) in [6.45, 7) is 5.30. The van der Waals surface area contributed by atoms with E-state index in [4.69, 9.17) is 9.84 Å². The molecule has 8 nitrogen and oxygen atoms in total. The van der Waals surface area contributed by atoms with Gasteiger partial charge in [-0.15, -0.1) is 0 Å². The Labute approximate surface area is 180 Å². The summed E-state index contributed by atoms with van der Waals surface area (Å²) in [5.41, 5.74) is -0.418. The number of amides is 1. The molecule has 1 aliphatic heterocycles. The normalized spacial score (nSPS) is 27.1. The molecule has 0 saturated carbocycles. The Kier molecular flexibility index (Phi) is 11.8. The van der Waals surface area contributed by atoms with Crippen molar-refractivity contribution in [2.75, 3.05) is 6.61 Å². The monoisotopic (exact) mass is 431 g/mol. The lowest BCUT2D eigenvalue weighted by atomic mass is 9.79. The van der Waals surface area contributed by atoms with Crippen molar-refractivity contribution in [1.82, 2.24) is 5.32 Å². The van der Waals surface area contributed by atoms with Crippen molar-refractivity contribution in [2.45, 2.75) is 115 Å². The molecule has 0 radical (unpaired) electrons. The average molecular weight is 432 g/mol. The summed E-state index contributed by atoms with van der Waals surface area (Å²) in [7, 11) is 0. The minimum atomic E-state index is -1.20. The number of nitrogens with one attached hydrogen (secondary N) is 1. The zero-order valence-electron chi connectivity index (χ0n) is 18.7.